The van der Waals surface area contributed by atoms with Crippen LogP contribution in [0.5, 0.6) is 0 Å². The number of nitrogens with zero attached hydrogens (tertiary/aromatic N) is 2. The van der Waals surface area contributed by atoms with Crippen molar-refractivity contribution in [2.75, 3.05) is 29.5 Å². The van der Waals surface area contributed by atoms with Crippen molar-refractivity contribution >= 4 is 47.2 Å². The zero-order chi connectivity index (χ0) is 34.6. The zero-order valence-electron chi connectivity index (χ0n) is 27.3. The number of carbonyl (C=O) groups excluding carboxylic acids is 4. The molecular formula is C40H39N3O6. The number of carbonyl (C=O) groups is 4. The topological polar surface area (TPSA) is 116 Å². The third-order valence-electron chi connectivity index (χ3n) is 8.48. The number of esters is 1. The Kier molecular flexibility index (Phi) is 11.9. The Morgan fingerprint density at radius 1 is 0.694 bits per heavy atom. The normalized spacial score (nSPS) is 17.3. The van der Waals surface area contributed by atoms with Crippen LogP contribution in [-0.4, -0.2) is 48.6 Å². The Hall–Kier alpha value is -5.80. The number of hydrogen-bond donors (Lipinski definition) is 2. The molecule has 9 heteroatoms. The van der Waals surface area contributed by atoms with Crippen LogP contribution in [-0.2, 0) is 23.9 Å². The number of rotatable bonds is 9. The molecule has 2 N–H and O–H groups in total. The van der Waals surface area contributed by atoms with Crippen LogP contribution in [0.3, 0.4) is 0 Å². The van der Waals surface area contributed by atoms with E-state index in [0.29, 0.717) is 19.7 Å². The molecule has 0 radical (unpaired) electrons. The van der Waals surface area contributed by atoms with Crippen LogP contribution in [0.1, 0.15) is 53.9 Å². The maximum atomic E-state index is 12.9. The van der Waals surface area contributed by atoms with Gasteiger partial charge in [-0.25, -0.2) is 10.3 Å². The first kappa shape index (κ1) is 34.5. The maximum absolute atomic E-state index is 12.9. The van der Waals surface area contributed by atoms with Crippen LogP contribution in [0.4, 0.5) is 11.4 Å². The van der Waals surface area contributed by atoms with Crippen LogP contribution in [0, 0.1) is 0 Å². The number of anilines is 2. The first-order chi connectivity index (χ1) is 23.9. The molecule has 2 unspecified atom stereocenters. The van der Waals surface area contributed by atoms with Crippen LogP contribution in [0.15, 0.2) is 121 Å². The largest absolute Gasteiger partial charge is 0.463 e. The fourth-order valence-corrected chi connectivity index (χ4v) is 6.13. The molecule has 3 amide bonds. The Morgan fingerprint density at radius 2 is 1.12 bits per heavy atom. The number of nitrogens with one attached hydrogen (secondary N) is 1. The van der Waals surface area contributed by atoms with Gasteiger partial charge in [0.1, 0.15) is 0 Å². The van der Waals surface area contributed by atoms with Crippen molar-refractivity contribution in [3.8, 4) is 0 Å². The van der Waals surface area contributed by atoms with Gasteiger partial charge in [-0.3, -0.25) is 19.6 Å². The molecule has 2 saturated heterocycles. The van der Waals surface area contributed by atoms with Crippen molar-refractivity contribution in [1.29, 1.82) is 0 Å². The lowest BCUT2D eigenvalue weighted by Gasteiger charge is -2.19. The second-order valence-corrected chi connectivity index (χ2v) is 11.5. The molecule has 0 bridgehead atoms. The van der Waals surface area contributed by atoms with Crippen LogP contribution in [0.2, 0.25) is 0 Å². The molecule has 49 heavy (non-hydrogen) atoms. The summed E-state index contributed by atoms with van der Waals surface area (Å²) in [6.45, 7) is 3.42. The predicted molar refractivity (Wildman–Crippen MR) is 190 cm³/mol. The number of ether oxygens (including phenoxy) is 1. The van der Waals surface area contributed by atoms with E-state index < -0.39 is 5.91 Å². The minimum atomic E-state index is -0.611. The summed E-state index contributed by atoms with van der Waals surface area (Å²) in [6, 6.07) is 34.6. The molecule has 250 valence electrons. The summed E-state index contributed by atoms with van der Waals surface area (Å²) in [6.07, 6.45) is 7.48. The van der Waals surface area contributed by atoms with Crippen LogP contribution >= 0.6 is 0 Å². The highest BCUT2D eigenvalue weighted by Crippen LogP contribution is 2.35. The van der Waals surface area contributed by atoms with E-state index in [1.165, 1.54) is 12.2 Å². The van der Waals surface area contributed by atoms with Gasteiger partial charge in [0.05, 0.1) is 29.8 Å². The lowest BCUT2D eigenvalue weighted by atomic mass is 9.98. The Balaban J connectivity index is 0.000000191. The third kappa shape index (κ3) is 8.57. The van der Waals surface area contributed by atoms with Gasteiger partial charge in [0, 0.05) is 25.2 Å². The summed E-state index contributed by atoms with van der Waals surface area (Å²) >= 11 is 0. The van der Waals surface area contributed by atoms with Crippen molar-refractivity contribution in [1.82, 2.24) is 5.48 Å². The van der Waals surface area contributed by atoms with E-state index in [0.717, 1.165) is 46.5 Å². The molecular weight excluding hydrogens is 618 g/mol. The van der Waals surface area contributed by atoms with Gasteiger partial charge < -0.3 is 14.5 Å². The summed E-state index contributed by atoms with van der Waals surface area (Å²) in [5.74, 6) is -1.07. The van der Waals surface area contributed by atoms with E-state index >= 15 is 0 Å². The molecule has 4 aromatic carbocycles. The number of benzene rings is 4. The van der Waals surface area contributed by atoms with Gasteiger partial charge in [0.15, 0.2) is 0 Å². The Bertz CT molecular complexity index is 1820. The molecule has 2 aliphatic rings. The lowest BCUT2D eigenvalue weighted by molar-refractivity contribution is -0.137. The summed E-state index contributed by atoms with van der Waals surface area (Å²) in [7, 11) is 0. The summed E-state index contributed by atoms with van der Waals surface area (Å²) in [5.41, 5.74) is 6.81. The van der Waals surface area contributed by atoms with Gasteiger partial charge >= 0.3 is 5.97 Å². The Morgan fingerprint density at radius 3 is 1.57 bits per heavy atom. The monoisotopic (exact) mass is 657 g/mol. The third-order valence-corrected chi connectivity index (χ3v) is 8.48. The van der Waals surface area contributed by atoms with Gasteiger partial charge in [-0.15, -0.1) is 0 Å². The number of hydrogen-bond acceptors (Lipinski definition) is 6. The number of amides is 3. The molecule has 2 fully saturated rings. The van der Waals surface area contributed by atoms with Gasteiger partial charge in [-0.1, -0.05) is 97.1 Å². The number of para-hydroxylation sites is 2. The summed E-state index contributed by atoms with van der Waals surface area (Å²) < 4.78 is 4.92. The highest BCUT2D eigenvalue weighted by atomic mass is 16.5. The predicted octanol–water partition coefficient (Wildman–Crippen LogP) is 6.51. The van der Waals surface area contributed by atoms with Crippen LogP contribution < -0.4 is 15.3 Å². The molecule has 6 rings (SSSR count). The molecule has 4 aromatic rings. The summed E-state index contributed by atoms with van der Waals surface area (Å²) in [4.78, 5) is 52.1. The van der Waals surface area contributed by atoms with Crippen molar-refractivity contribution in [3.63, 3.8) is 0 Å². The molecule has 9 nitrogen and oxygen atoms in total. The van der Waals surface area contributed by atoms with Crippen molar-refractivity contribution in [3.05, 3.63) is 144 Å². The fourth-order valence-electron chi connectivity index (χ4n) is 6.13. The number of hydroxylamine groups is 1. The van der Waals surface area contributed by atoms with E-state index in [-0.39, 0.29) is 29.6 Å². The second kappa shape index (κ2) is 16.9. The second-order valence-electron chi connectivity index (χ2n) is 11.5. The SMILES string of the molecule is CCOC(=O)/C=C/c1ccccc1N1CCC(c2ccccc2)C1=O.O=C(/C=C/c1ccccc1N1CCC(c2ccccc2)C1=O)NO. The highest BCUT2D eigenvalue weighted by molar-refractivity contribution is 6.03. The van der Waals surface area contributed by atoms with Gasteiger partial charge in [0.2, 0.25) is 11.8 Å². The molecule has 0 spiro atoms. The molecule has 2 heterocycles. The maximum Gasteiger partial charge on any atom is 0.330 e. The van der Waals surface area contributed by atoms with Crippen molar-refractivity contribution in [2.24, 2.45) is 0 Å². The van der Waals surface area contributed by atoms with Gasteiger partial charge in [-0.2, -0.15) is 0 Å². The van der Waals surface area contributed by atoms with E-state index in [9.17, 15) is 19.2 Å². The highest BCUT2D eigenvalue weighted by Gasteiger charge is 2.35. The smallest absolute Gasteiger partial charge is 0.330 e. The van der Waals surface area contributed by atoms with E-state index in [1.807, 2.05) is 114 Å². The zero-order valence-corrected chi connectivity index (χ0v) is 27.3. The van der Waals surface area contributed by atoms with Gasteiger partial charge in [0.25, 0.3) is 5.91 Å². The molecule has 2 aliphatic heterocycles. The average molecular weight is 658 g/mol. The minimum Gasteiger partial charge on any atom is -0.463 e. The minimum absolute atomic E-state index is 0.0636. The van der Waals surface area contributed by atoms with Crippen molar-refractivity contribution < 1.29 is 29.1 Å². The average Bonchev–Trinajstić information content (AvgIpc) is 3.72. The summed E-state index contributed by atoms with van der Waals surface area (Å²) in [5, 5.41) is 8.58. The van der Waals surface area contributed by atoms with Crippen molar-refractivity contribution in [2.45, 2.75) is 31.6 Å². The first-order valence-electron chi connectivity index (χ1n) is 16.3. The molecule has 0 aliphatic carbocycles. The lowest BCUT2D eigenvalue weighted by Crippen LogP contribution is -2.27. The van der Waals surface area contributed by atoms with E-state index in [2.05, 4.69) is 0 Å². The van der Waals surface area contributed by atoms with E-state index in [4.69, 9.17) is 9.94 Å². The molecule has 0 saturated carbocycles. The van der Waals surface area contributed by atoms with Gasteiger partial charge in [-0.05, 0) is 66.3 Å². The Labute approximate surface area is 286 Å². The standard InChI is InChI=1S/C21H21NO3.C19H18N2O3/c1-2-25-20(23)13-12-17-10-6-7-11-19(17)22-15-14-18(21(22)24)16-8-4-3-5-9-16;22-18(20-24)11-10-15-8-4-5-9-17(15)21-13-12-16(19(21)23)14-6-2-1-3-7-14/h3-13,18H,2,14-15H2,1H3;1-11,16,24H,12-13H2,(H,20,22)/b13-12+;11-10+. The van der Waals surface area contributed by atoms with E-state index in [1.54, 1.807) is 29.5 Å². The van der Waals surface area contributed by atoms with Crippen LogP contribution in [0.25, 0.3) is 12.2 Å². The molecule has 2 atom stereocenters. The quantitative estimate of drug-likeness (QED) is 0.0918. The first-order valence-corrected chi connectivity index (χ1v) is 16.3. The fraction of sp³-hybridized carbons (Fsp3) is 0.200. The molecule has 0 aromatic heterocycles.